The van der Waals surface area contributed by atoms with Crippen LogP contribution in [0.25, 0.3) is 0 Å². The number of aromatic nitrogens is 1. The second kappa shape index (κ2) is 5.61. The van der Waals surface area contributed by atoms with Crippen molar-refractivity contribution in [2.45, 2.75) is 18.0 Å². The maximum atomic E-state index is 12.4. The van der Waals surface area contributed by atoms with E-state index in [1.165, 1.54) is 12.1 Å². The molecule has 19 heavy (non-hydrogen) atoms. The summed E-state index contributed by atoms with van der Waals surface area (Å²) in [4.78, 5) is 3.96. The van der Waals surface area contributed by atoms with Crippen LogP contribution >= 0.6 is 11.6 Å². The van der Waals surface area contributed by atoms with E-state index in [4.69, 9.17) is 11.6 Å². The van der Waals surface area contributed by atoms with Crippen molar-refractivity contribution < 1.29 is 13.2 Å². The summed E-state index contributed by atoms with van der Waals surface area (Å²) >= 11 is 6.21. The second-order valence-electron chi connectivity index (χ2n) is 4.15. The Balaban J connectivity index is 2.08. The molecule has 0 aliphatic carbocycles. The molecule has 0 radical (unpaired) electrons. The lowest BCUT2D eigenvalue weighted by molar-refractivity contribution is -0.137. The summed E-state index contributed by atoms with van der Waals surface area (Å²) in [6.45, 7) is 0. The monoisotopic (exact) mass is 285 g/mol. The summed E-state index contributed by atoms with van der Waals surface area (Å²) < 4.78 is 37.2. The number of nitrogens with zero attached hydrogens (tertiary/aromatic N) is 1. The Morgan fingerprint density at radius 1 is 1.11 bits per heavy atom. The van der Waals surface area contributed by atoms with E-state index >= 15 is 0 Å². The third-order valence-electron chi connectivity index (χ3n) is 2.74. The van der Waals surface area contributed by atoms with Crippen molar-refractivity contribution in [1.82, 2.24) is 4.98 Å². The smallest absolute Gasteiger partial charge is 0.264 e. The molecule has 2 rings (SSSR count). The second-order valence-corrected chi connectivity index (χ2v) is 4.68. The average Bonchev–Trinajstić information content (AvgIpc) is 2.39. The summed E-state index contributed by atoms with van der Waals surface area (Å²) in [5.74, 6) is 0. The molecule has 5 heteroatoms. The van der Waals surface area contributed by atoms with Crippen LogP contribution in [0.1, 0.15) is 22.1 Å². The van der Waals surface area contributed by atoms with Crippen LogP contribution in [0.5, 0.6) is 0 Å². The van der Waals surface area contributed by atoms with E-state index in [0.29, 0.717) is 6.42 Å². The van der Waals surface area contributed by atoms with Gasteiger partial charge >= 0.3 is 6.18 Å². The predicted octanol–water partition coefficient (Wildman–Crippen LogP) is 4.62. The minimum Gasteiger partial charge on any atom is -0.264 e. The van der Waals surface area contributed by atoms with Crippen molar-refractivity contribution in [3.63, 3.8) is 0 Å². The molecule has 0 bridgehead atoms. The fourth-order valence-corrected chi connectivity index (χ4v) is 2.02. The summed E-state index contributed by atoms with van der Waals surface area (Å²) in [5, 5.41) is -0.301. The number of pyridine rings is 1. The zero-order chi connectivity index (χ0) is 13.9. The zero-order valence-corrected chi connectivity index (χ0v) is 10.6. The van der Waals surface area contributed by atoms with Gasteiger partial charge in [0.25, 0.3) is 0 Å². The van der Waals surface area contributed by atoms with E-state index in [9.17, 15) is 13.2 Å². The zero-order valence-electron chi connectivity index (χ0n) is 9.86. The molecule has 100 valence electrons. The molecule has 0 aliphatic rings. The van der Waals surface area contributed by atoms with Crippen molar-refractivity contribution >= 4 is 11.6 Å². The summed E-state index contributed by atoms with van der Waals surface area (Å²) in [6.07, 6.45) is -0.541. The molecule has 1 unspecified atom stereocenters. The first-order valence-corrected chi connectivity index (χ1v) is 6.10. The topological polar surface area (TPSA) is 12.9 Å². The molecule has 0 saturated heterocycles. The number of hydrogen-bond acceptors (Lipinski definition) is 1. The quantitative estimate of drug-likeness (QED) is 0.750. The fourth-order valence-electron chi connectivity index (χ4n) is 1.72. The first-order chi connectivity index (χ1) is 8.97. The summed E-state index contributed by atoms with van der Waals surface area (Å²) in [5.41, 5.74) is 0.963. The maximum absolute atomic E-state index is 12.4. The van der Waals surface area contributed by atoms with Crippen LogP contribution in [0.15, 0.2) is 48.8 Å². The molecule has 0 amide bonds. The first-order valence-electron chi connectivity index (χ1n) is 5.67. The Labute approximate surface area is 114 Å². The lowest BCUT2D eigenvalue weighted by atomic mass is 10.0. The Bertz CT molecular complexity index is 523. The number of alkyl halides is 4. The molecular weight excluding hydrogens is 275 g/mol. The van der Waals surface area contributed by atoms with Crippen LogP contribution in [-0.2, 0) is 12.6 Å². The van der Waals surface area contributed by atoms with E-state index in [2.05, 4.69) is 4.98 Å². The average molecular weight is 286 g/mol. The van der Waals surface area contributed by atoms with Gasteiger partial charge in [0, 0.05) is 12.4 Å². The number of halogens is 4. The lowest BCUT2D eigenvalue weighted by Crippen LogP contribution is -2.05. The molecule has 0 N–H and O–H groups in total. The molecule has 0 spiro atoms. The normalized spacial score (nSPS) is 13.3. The first kappa shape index (κ1) is 13.9. The highest BCUT2D eigenvalue weighted by Gasteiger charge is 2.29. The maximum Gasteiger partial charge on any atom is 0.416 e. The van der Waals surface area contributed by atoms with Gasteiger partial charge in [-0.05, 0) is 35.7 Å². The highest BCUT2D eigenvalue weighted by atomic mass is 35.5. The number of rotatable bonds is 3. The van der Waals surface area contributed by atoms with Crippen molar-refractivity contribution in [1.29, 1.82) is 0 Å². The lowest BCUT2D eigenvalue weighted by Gasteiger charge is -2.11. The molecule has 0 fully saturated rings. The van der Waals surface area contributed by atoms with Crippen LogP contribution in [0.4, 0.5) is 13.2 Å². The molecule has 1 heterocycles. The van der Waals surface area contributed by atoms with Gasteiger partial charge in [0.15, 0.2) is 0 Å². The minimum absolute atomic E-state index is 0.301. The van der Waals surface area contributed by atoms with Crippen LogP contribution < -0.4 is 0 Å². The van der Waals surface area contributed by atoms with Gasteiger partial charge in [-0.1, -0.05) is 18.2 Å². The minimum atomic E-state index is -4.30. The highest BCUT2D eigenvalue weighted by molar-refractivity contribution is 6.20. The van der Waals surface area contributed by atoms with Crippen LogP contribution in [0.2, 0.25) is 0 Å². The van der Waals surface area contributed by atoms with Crippen LogP contribution in [0, 0.1) is 0 Å². The largest absolute Gasteiger partial charge is 0.416 e. The SMILES string of the molecule is FC(F)(F)c1ccc(CC(Cl)c2cccnc2)cc1. The third-order valence-corrected chi connectivity index (χ3v) is 3.15. The molecule has 1 atom stereocenters. The van der Waals surface area contributed by atoms with E-state index in [1.807, 2.05) is 6.07 Å². The van der Waals surface area contributed by atoms with Gasteiger partial charge in [-0.15, -0.1) is 11.6 Å². The molecular formula is C14H11ClF3N. The van der Waals surface area contributed by atoms with Gasteiger partial charge < -0.3 is 0 Å². The van der Waals surface area contributed by atoms with Crippen molar-refractivity contribution in [2.75, 3.05) is 0 Å². The van der Waals surface area contributed by atoms with Gasteiger partial charge in [0.05, 0.1) is 10.9 Å². The Hall–Kier alpha value is -1.55. The predicted molar refractivity (Wildman–Crippen MR) is 68.0 cm³/mol. The Morgan fingerprint density at radius 3 is 2.32 bits per heavy atom. The van der Waals surface area contributed by atoms with Gasteiger partial charge in [0.1, 0.15) is 0 Å². The van der Waals surface area contributed by atoms with Gasteiger partial charge in [-0.25, -0.2) is 0 Å². The van der Waals surface area contributed by atoms with Crippen molar-refractivity contribution in [2.24, 2.45) is 0 Å². The number of hydrogen-bond donors (Lipinski definition) is 0. The van der Waals surface area contributed by atoms with Crippen molar-refractivity contribution in [3.05, 3.63) is 65.5 Å². The van der Waals surface area contributed by atoms with Gasteiger partial charge in [-0.3, -0.25) is 4.98 Å². The standard InChI is InChI=1S/C14H11ClF3N/c15-13(11-2-1-7-19-9-11)8-10-3-5-12(6-4-10)14(16,17)18/h1-7,9,13H,8H2. The molecule has 1 nitrogen and oxygen atoms in total. The highest BCUT2D eigenvalue weighted by Crippen LogP contribution is 2.30. The molecule has 0 saturated carbocycles. The van der Waals surface area contributed by atoms with Crippen LogP contribution in [-0.4, -0.2) is 4.98 Å². The fraction of sp³-hybridized carbons (Fsp3) is 0.214. The Morgan fingerprint density at radius 2 is 1.79 bits per heavy atom. The number of benzene rings is 1. The van der Waals surface area contributed by atoms with Crippen LogP contribution in [0.3, 0.4) is 0 Å². The molecule has 0 aliphatic heterocycles. The van der Waals surface area contributed by atoms with E-state index in [1.54, 1.807) is 18.5 Å². The van der Waals surface area contributed by atoms with E-state index in [-0.39, 0.29) is 5.38 Å². The molecule has 2 aromatic rings. The third kappa shape index (κ3) is 3.70. The Kier molecular flexibility index (Phi) is 4.10. The van der Waals surface area contributed by atoms with Gasteiger partial charge in [0.2, 0.25) is 0 Å². The van der Waals surface area contributed by atoms with Crippen molar-refractivity contribution in [3.8, 4) is 0 Å². The summed E-state index contributed by atoms with van der Waals surface area (Å²) in [6, 6.07) is 8.67. The molecule has 1 aromatic heterocycles. The summed E-state index contributed by atoms with van der Waals surface area (Å²) in [7, 11) is 0. The van der Waals surface area contributed by atoms with E-state index in [0.717, 1.165) is 23.3 Å². The molecule has 1 aromatic carbocycles. The van der Waals surface area contributed by atoms with Gasteiger partial charge in [-0.2, -0.15) is 13.2 Å². The van der Waals surface area contributed by atoms with E-state index < -0.39 is 11.7 Å².